The average molecular weight is 355 g/mol. The Labute approximate surface area is 128 Å². The zero-order chi connectivity index (χ0) is 15.4. The molecular formula is C14H12BrFN2O3. The number of hydrogen-bond acceptors (Lipinski definition) is 4. The molecule has 0 aliphatic rings. The molecule has 0 aromatic heterocycles. The van der Waals surface area contributed by atoms with Crippen molar-refractivity contribution in [2.45, 2.75) is 13.2 Å². The maximum absolute atomic E-state index is 13.3. The summed E-state index contributed by atoms with van der Waals surface area (Å²) in [6.45, 7) is 0.376. The van der Waals surface area contributed by atoms with Crippen LogP contribution in [0.15, 0.2) is 40.9 Å². The Morgan fingerprint density at radius 1 is 1.29 bits per heavy atom. The number of ether oxygens (including phenoxy) is 1. The Hall–Kier alpha value is -1.99. The fourth-order valence-corrected chi connectivity index (χ4v) is 2.23. The van der Waals surface area contributed by atoms with E-state index in [0.29, 0.717) is 15.8 Å². The molecule has 21 heavy (non-hydrogen) atoms. The van der Waals surface area contributed by atoms with Gasteiger partial charge in [-0.15, -0.1) is 0 Å². The van der Waals surface area contributed by atoms with Crippen LogP contribution < -0.4 is 10.5 Å². The minimum Gasteiger partial charge on any atom is -0.489 e. The summed E-state index contributed by atoms with van der Waals surface area (Å²) in [7, 11) is 0. The Balaban J connectivity index is 2.13. The summed E-state index contributed by atoms with van der Waals surface area (Å²) in [6.07, 6.45) is 0. The van der Waals surface area contributed by atoms with Gasteiger partial charge in [-0.3, -0.25) is 10.1 Å². The normalized spacial score (nSPS) is 10.4. The number of nitrogens with zero attached hydrogens (tertiary/aromatic N) is 1. The van der Waals surface area contributed by atoms with Gasteiger partial charge in [-0.25, -0.2) is 4.39 Å². The van der Waals surface area contributed by atoms with Crippen LogP contribution in [0.25, 0.3) is 0 Å². The molecule has 0 aliphatic carbocycles. The van der Waals surface area contributed by atoms with Crippen molar-refractivity contribution >= 4 is 21.6 Å². The second-order valence-electron chi connectivity index (χ2n) is 4.32. The SMILES string of the molecule is NCc1cc(F)cc(OCc2ccc([N+](=O)[O-])cc2Br)c1. The molecule has 2 aromatic carbocycles. The molecular weight excluding hydrogens is 343 g/mol. The molecule has 2 N–H and O–H groups in total. The summed E-state index contributed by atoms with van der Waals surface area (Å²) < 4.78 is 19.4. The number of hydrogen-bond donors (Lipinski definition) is 1. The van der Waals surface area contributed by atoms with E-state index in [2.05, 4.69) is 15.9 Å². The van der Waals surface area contributed by atoms with Crippen LogP contribution in [-0.4, -0.2) is 4.92 Å². The minimum atomic E-state index is -0.477. The second kappa shape index (κ2) is 6.64. The number of non-ortho nitro benzene ring substituents is 1. The highest BCUT2D eigenvalue weighted by Crippen LogP contribution is 2.25. The van der Waals surface area contributed by atoms with Crippen LogP contribution >= 0.6 is 15.9 Å². The molecule has 0 bridgehead atoms. The highest BCUT2D eigenvalue weighted by Gasteiger charge is 2.10. The first kappa shape index (κ1) is 15.4. The van der Waals surface area contributed by atoms with Crippen molar-refractivity contribution < 1.29 is 14.1 Å². The first-order chi connectivity index (χ1) is 9.99. The van der Waals surface area contributed by atoms with E-state index in [1.54, 1.807) is 12.1 Å². The van der Waals surface area contributed by atoms with Gasteiger partial charge in [-0.05, 0) is 23.8 Å². The number of nitrogens with two attached hydrogens (primary N) is 1. The van der Waals surface area contributed by atoms with E-state index in [9.17, 15) is 14.5 Å². The Kier molecular flexibility index (Phi) is 4.87. The standard InChI is InChI=1S/C14H12BrFN2O3/c15-14-6-12(18(19)20)2-1-10(14)8-21-13-4-9(7-17)3-11(16)5-13/h1-6H,7-8,17H2. The van der Waals surface area contributed by atoms with Gasteiger partial charge in [0.1, 0.15) is 18.2 Å². The third kappa shape index (κ3) is 3.99. The molecule has 0 fully saturated rings. The van der Waals surface area contributed by atoms with Crippen LogP contribution in [0.4, 0.5) is 10.1 Å². The van der Waals surface area contributed by atoms with Crippen LogP contribution in [0.1, 0.15) is 11.1 Å². The average Bonchev–Trinajstić information content (AvgIpc) is 2.45. The molecule has 0 aliphatic heterocycles. The van der Waals surface area contributed by atoms with E-state index < -0.39 is 10.7 Å². The van der Waals surface area contributed by atoms with Gasteiger partial charge in [0.2, 0.25) is 0 Å². The number of rotatable bonds is 5. The summed E-state index contributed by atoms with van der Waals surface area (Å²) in [5.41, 5.74) is 6.81. The fourth-order valence-electron chi connectivity index (χ4n) is 1.75. The quantitative estimate of drug-likeness (QED) is 0.657. The van der Waals surface area contributed by atoms with Crippen LogP contribution in [0.3, 0.4) is 0 Å². The van der Waals surface area contributed by atoms with Gasteiger partial charge < -0.3 is 10.5 Å². The third-order valence-corrected chi connectivity index (χ3v) is 3.55. The molecule has 5 nitrogen and oxygen atoms in total. The monoisotopic (exact) mass is 354 g/mol. The highest BCUT2D eigenvalue weighted by atomic mass is 79.9. The zero-order valence-electron chi connectivity index (χ0n) is 10.9. The molecule has 0 heterocycles. The molecule has 0 radical (unpaired) electrons. The summed E-state index contributed by atoms with van der Waals surface area (Å²) in [6, 6.07) is 8.64. The van der Waals surface area contributed by atoms with Gasteiger partial charge in [0, 0.05) is 34.8 Å². The first-order valence-electron chi connectivity index (χ1n) is 6.04. The van der Waals surface area contributed by atoms with E-state index in [4.69, 9.17) is 10.5 Å². The van der Waals surface area contributed by atoms with Crippen molar-refractivity contribution in [2.24, 2.45) is 5.73 Å². The van der Waals surface area contributed by atoms with Gasteiger partial charge in [-0.2, -0.15) is 0 Å². The molecule has 7 heteroatoms. The molecule has 2 rings (SSSR count). The van der Waals surface area contributed by atoms with Crippen molar-refractivity contribution in [3.8, 4) is 5.75 Å². The smallest absolute Gasteiger partial charge is 0.270 e. The Morgan fingerprint density at radius 3 is 2.67 bits per heavy atom. The van der Waals surface area contributed by atoms with Crippen LogP contribution in [0, 0.1) is 15.9 Å². The molecule has 0 saturated heterocycles. The maximum Gasteiger partial charge on any atom is 0.270 e. The van der Waals surface area contributed by atoms with Crippen molar-refractivity contribution in [2.75, 3.05) is 0 Å². The van der Waals surface area contributed by atoms with Crippen molar-refractivity contribution in [1.29, 1.82) is 0 Å². The summed E-state index contributed by atoms with van der Waals surface area (Å²) in [4.78, 5) is 10.2. The lowest BCUT2D eigenvalue weighted by molar-refractivity contribution is -0.384. The van der Waals surface area contributed by atoms with Crippen molar-refractivity contribution in [3.05, 3.63) is 67.9 Å². The van der Waals surface area contributed by atoms with E-state index in [1.807, 2.05) is 0 Å². The number of halogens is 2. The van der Waals surface area contributed by atoms with E-state index in [1.165, 1.54) is 24.3 Å². The Morgan fingerprint density at radius 2 is 2.05 bits per heavy atom. The van der Waals surface area contributed by atoms with Crippen molar-refractivity contribution in [1.82, 2.24) is 0 Å². The van der Waals surface area contributed by atoms with Gasteiger partial charge in [0.05, 0.1) is 4.92 Å². The van der Waals surface area contributed by atoms with E-state index in [0.717, 1.165) is 5.56 Å². The number of benzene rings is 2. The zero-order valence-corrected chi connectivity index (χ0v) is 12.5. The molecule has 0 amide bonds. The van der Waals surface area contributed by atoms with E-state index in [-0.39, 0.29) is 18.8 Å². The minimum absolute atomic E-state index is 0.0122. The van der Waals surface area contributed by atoms with Crippen LogP contribution in [0.2, 0.25) is 0 Å². The van der Waals surface area contributed by atoms with Crippen LogP contribution in [-0.2, 0) is 13.2 Å². The predicted molar refractivity (Wildman–Crippen MR) is 79.4 cm³/mol. The molecule has 0 saturated carbocycles. The van der Waals surface area contributed by atoms with Crippen molar-refractivity contribution in [3.63, 3.8) is 0 Å². The third-order valence-electron chi connectivity index (χ3n) is 2.81. The van der Waals surface area contributed by atoms with Gasteiger partial charge in [0.25, 0.3) is 5.69 Å². The van der Waals surface area contributed by atoms with Gasteiger partial charge in [0.15, 0.2) is 0 Å². The largest absolute Gasteiger partial charge is 0.489 e. The maximum atomic E-state index is 13.3. The first-order valence-corrected chi connectivity index (χ1v) is 6.84. The Bertz CT molecular complexity index is 679. The van der Waals surface area contributed by atoms with E-state index >= 15 is 0 Å². The predicted octanol–water partition coefficient (Wildman–Crippen LogP) is 3.53. The number of nitro benzene ring substituents is 1. The van der Waals surface area contributed by atoms with Gasteiger partial charge >= 0.3 is 0 Å². The molecule has 2 aromatic rings. The summed E-state index contributed by atoms with van der Waals surface area (Å²) >= 11 is 3.25. The second-order valence-corrected chi connectivity index (χ2v) is 5.18. The molecule has 0 spiro atoms. The van der Waals surface area contributed by atoms with Crippen LogP contribution in [0.5, 0.6) is 5.75 Å². The molecule has 0 unspecified atom stereocenters. The lowest BCUT2D eigenvalue weighted by Gasteiger charge is -2.09. The topological polar surface area (TPSA) is 78.4 Å². The lowest BCUT2D eigenvalue weighted by Crippen LogP contribution is -2.01. The number of nitro groups is 1. The highest BCUT2D eigenvalue weighted by molar-refractivity contribution is 9.10. The van der Waals surface area contributed by atoms with Gasteiger partial charge in [-0.1, -0.05) is 15.9 Å². The lowest BCUT2D eigenvalue weighted by atomic mass is 10.2. The molecule has 0 atom stereocenters. The molecule has 110 valence electrons. The fraction of sp³-hybridized carbons (Fsp3) is 0.143. The summed E-state index contributed by atoms with van der Waals surface area (Å²) in [5.74, 6) is -0.0589. The summed E-state index contributed by atoms with van der Waals surface area (Å²) in [5, 5.41) is 10.7.